The van der Waals surface area contributed by atoms with Gasteiger partial charge in [0.15, 0.2) is 0 Å². The second-order valence-electron chi connectivity index (χ2n) is 4.49. The highest BCUT2D eigenvalue weighted by Gasteiger charge is 2.18. The van der Waals surface area contributed by atoms with Crippen LogP contribution in [0.3, 0.4) is 0 Å². The van der Waals surface area contributed by atoms with Crippen molar-refractivity contribution in [1.29, 1.82) is 0 Å². The molecule has 0 aliphatic heterocycles. The predicted octanol–water partition coefficient (Wildman–Crippen LogP) is 3.29. The van der Waals surface area contributed by atoms with Gasteiger partial charge in [0.1, 0.15) is 16.5 Å². The van der Waals surface area contributed by atoms with Crippen LogP contribution >= 0.6 is 22.9 Å². The van der Waals surface area contributed by atoms with Crippen molar-refractivity contribution >= 4 is 34.7 Å². The fourth-order valence-corrected chi connectivity index (χ4v) is 2.80. The Morgan fingerprint density at radius 2 is 2.24 bits per heavy atom. The number of aryl methyl sites for hydroxylation is 1. The monoisotopic (exact) mass is 324 g/mol. The number of aromatic nitrogens is 2. The van der Waals surface area contributed by atoms with Crippen molar-refractivity contribution in [2.45, 2.75) is 26.3 Å². The van der Waals surface area contributed by atoms with E-state index < -0.39 is 0 Å². The zero-order valence-corrected chi connectivity index (χ0v) is 13.7. The number of nitrogens with one attached hydrogen (secondary N) is 2. The maximum atomic E-state index is 12.3. The summed E-state index contributed by atoms with van der Waals surface area (Å²) in [5, 5.41) is 6.96. The first kappa shape index (κ1) is 15.7. The summed E-state index contributed by atoms with van der Waals surface area (Å²) in [6.45, 7) is 3.97. The Balaban J connectivity index is 2.13. The van der Waals surface area contributed by atoms with E-state index in [0.29, 0.717) is 10.8 Å². The molecule has 2 heterocycles. The summed E-state index contributed by atoms with van der Waals surface area (Å²) in [6.07, 6.45) is 2.78. The van der Waals surface area contributed by atoms with Crippen LogP contribution in [0, 0.1) is 0 Å². The summed E-state index contributed by atoms with van der Waals surface area (Å²) in [5.41, 5.74) is 0.211. The number of hydrogen-bond donors (Lipinski definition) is 2. The molecule has 1 unspecified atom stereocenters. The fraction of sp³-hybridized carbons (Fsp3) is 0.357. The number of anilines is 1. The number of amides is 1. The first-order valence-electron chi connectivity index (χ1n) is 6.65. The number of rotatable bonds is 5. The minimum absolute atomic E-state index is 0.182. The van der Waals surface area contributed by atoms with Gasteiger partial charge in [0.2, 0.25) is 0 Å². The Hall–Kier alpha value is -1.66. The third kappa shape index (κ3) is 3.71. The van der Waals surface area contributed by atoms with Gasteiger partial charge in [-0.2, -0.15) is 0 Å². The quantitative estimate of drug-likeness (QED) is 0.885. The molecule has 0 fully saturated rings. The normalized spacial score (nSPS) is 12.0. The predicted molar refractivity (Wildman–Crippen MR) is 86.2 cm³/mol. The van der Waals surface area contributed by atoms with E-state index in [-0.39, 0.29) is 17.6 Å². The smallest absolute Gasteiger partial charge is 0.272 e. The maximum Gasteiger partial charge on any atom is 0.272 e. The van der Waals surface area contributed by atoms with Crippen LogP contribution in [-0.2, 0) is 6.42 Å². The lowest BCUT2D eigenvalue weighted by Crippen LogP contribution is -2.27. The second kappa shape index (κ2) is 6.87. The summed E-state index contributed by atoms with van der Waals surface area (Å²) in [5.74, 6) is 0.289. The van der Waals surface area contributed by atoms with Crippen LogP contribution < -0.4 is 10.6 Å². The molecule has 0 aliphatic rings. The van der Waals surface area contributed by atoms with Crippen LogP contribution in [0.1, 0.15) is 40.3 Å². The zero-order chi connectivity index (χ0) is 15.4. The van der Waals surface area contributed by atoms with Crippen LogP contribution in [0.15, 0.2) is 18.3 Å². The van der Waals surface area contributed by atoms with Gasteiger partial charge in [-0.25, -0.2) is 9.97 Å². The Labute approximate surface area is 132 Å². The summed E-state index contributed by atoms with van der Waals surface area (Å²) in [7, 11) is 1.74. The van der Waals surface area contributed by atoms with E-state index in [1.54, 1.807) is 30.5 Å². The lowest BCUT2D eigenvalue weighted by molar-refractivity contribution is 0.0935. The van der Waals surface area contributed by atoms with Gasteiger partial charge in [-0.05, 0) is 25.5 Å². The Morgan fingerprint density at radius 1 is 1.48 bits per heavy atom. The molecule has 2 N–H and O–H groups in total. The molecular weight excluding hydrogens is 308 g/mol. The van der Waals surface area contributed by atoms with Gasteiger partial charge in [-0.1, -0.05) is 18.5 Å². The van der Waals surface area contributed by atoms with Crippen molar-refractivity contribution < 1.29 is 4.79 Å². The lowest BCUT2D eigenvalue weighted by Gasteiger charge is -2.12. The molecule has 5 nitrogen and oxygen atoms in total. The highest BCUT2D eigenvalue weighted by atomic mass is 35.5. The SMILES string of the molecule is CCc1cnc(C(C)NC(=O)c2nc(NC)ccc2Cl)s1. The van der Waals surface area contributed by atoms with Crippen LogP contribution in [0.5, 0.6) is 0 Å². The second-order valence-corrected chi connectivity index (χ2v) is 6.04. The van der Waals surface area contributed by atoms with E-state index in [2.05, 4.69) is 27.5 Å². The van der Waals surface area contributed by atoms with E-state index in [1.165, 1.54) is 4.88 Å². The van der Waals surface area contributed by atoms with Crippen LogP contribution in [0.25, 0.3) is 0 Å². The molecule has 0 aromatic carbocycles. The van der Waals surface area contributed by atoms with Crippen molar-refractivity contribution in [2.24, 2.45) is 0 Å². The fourth-order valence-electron chi connectivity index (χ4n) is 1.75. The van der Waals surface area contributed by atoms with Gasteiger partial charge < -0.3 is 10.6 Å². The van der Waals surface area contributed by atoms with Crippen molar-refractivity contribution in [2.75, 3.05) is 12.4 Å². The Bertz CT molecular complexity index is 644. The number of pyridine rings is 1. The van der Waals surface area contributed by atoms with Crippen LogP contribution in [-0.4, -0.2) is 22.9 Å². The topological polar surface area (TPSA) is 66.9 Å². The third-order valence-electron chi connectivity index (χ3n) is 2.96. The summed E-state index contributed by atoms with van der Waals surface area (Å²) >= 11 is 7.64. The largest absolute Gasteiger partial charge is 0.373 e. The molecule has 1 atom stereocenters. The van der Waals surface area contributed by atoms with E-state index in [1.807, 2.05) is 13.1 Å². The van der Waals surface area contributed by atoms with Gasteiger partial charge in [0.05, 0.1) is 11.1 Å². The highest BCUT2D eigenvalue weighted by molar-refractivity contribution is 7.11. The summed E-state index contributed by atoms with van der Waals surface area (Å²) in [4.78, 5) is 22.0. The van der Waals surface area contributed by atoms with E-state index in [4.69, 9.17) is 11.6 Å². The van der Waals surface area contributed by atoms with Gasteiger partial charge in [0.25, 0.3) is 5.91 Å². The number of carbonyl (C=O) groups is 1. The molecule has 0 radical (unpaired) electrons. The molecule has 2 aromatic heterocycles. The van der Waals surface area contributed by atoms with Gasteiger partial charge in [-0.15, -0.1) is 11.3 Å². The third-order valence-corrected chi connectivity index (χ3v) is 4.58. The number of hydrogen-bond acceptors (Lipinski definition) is 5. The number of thiazole rings is 1. The first-order valence-corrected chi connectivity index (χ1v) is 7.84. The number of carbonyl (C=O) groups excluding carboxylic acids is 1. The molecule has 21 heavy (non-hydrogen) atoms. The molecule has 2 rings (SSSR count). The van der Waals surface area contributed by atoms with E-state index in [9.17, 15) is 4.79 Å². The number of halogens is 1. The van der Waals surface area contributed by atoms with Gasteiger partial charge >= 0.3 is 0 Å². The van der Waals surface area contributed by atoms with Crippen molar-refractivity contribution in [3.63, 3.8) is 0 Å². The molecule has 2 aromatic rings. The minimum Gasteiger partial charge on any atom is -0.373 e. The first-order chi connectivity index (χ1) is 10.0. The van der Waals surface area contributed by atoms with Crippen molar-refractivity contribution in [3.8, 4) is 0 Å². The highest BCUT2D eigenvalue weighted by Crippen LogP contribution is 2.22. The molecule has 112 valence electrons. The number of nitrogens with zero attached hydrogens (tertiary/aromatic N) is 2. The molecule has 0 bridgehead atoms. The van der Waals surface area contributed by atoms with E-state index in [0.717, 1.165) is 11.4 Å². The molecule has 0 spiro atoms. The van der Waals surface area contributed by atoms with Crippen molar-refractivity contribution in [3.05, 3.63) is 38.9 Å². The van der Waals surface area contributed by atoms with Gasteiger partial charge in [-0.3, -0.25) is 4.79 Å². The van der Waals surface area contributed by atoms with E-state index >= 15 is 0 Å². The average molecular weight is 325 g/mol. The Kier molecular flexibility index (Phi) is 5.14. The standard InChI is InChI=1S/C14H17ClN4OS/c1-4-9-7-17-14(21-9)8(2)18-13(20)12-10(15)5-6-11(16-3)19-12/h5-8H,4H2,1-3H3,(H,16,19)(H,18,20). The van der Waals surface area contributed by atoms with Crippen LogP contribution in [0.2, 0.25) is 5.02 Å². The summed E-state index contributed by atoms with van der Waals surface area (Å²) in [6, 6.07) is 3.19. The molecular formula is C14H17ClN4OS. The molecule has 0 aliphatic carbocycles. The maximum absolute atomic E-state index is 12.3. The molecule has 7 heteroatoms. The molecule has 0 saturated heterocycles. The molecule has 1 amide bonds. The van der Waals surface area contributed by atoms with Crippen LogP contribution in [0.4, 0.5) is 5.82 Å². The molecule has 0 saturated carbocycles. The summed E-state index contributed by atoms with van der Waals surface area (Å²) < 4.78 is 0. The van der Waals surface area contributed by atoms with Crippen molar-refractivity contribution in [1.82, 2.24) is 15.3 Å². The zero-order valence-electron chi connectivity index (χ0n) is 12.1. The Morgan fingerprint density at radius 3 is 2.86 bits per heavy atom. The van der Waals surface area contributed by atoms with Gasteiger partial charge in [0, 0.05) is 18.1 Å². The minimum atomic E-state index is -0.308. The lowest BCUT2D eigenvalue weighted by atomic mass is 10.3. The average Bonchev–Trinajstić information content (AvgIpc) is 2.96.